The van der Waals surface area contributed by atoms with E-state index in [0.717, 1.165) is 5.57 Å². The van der Waals surface area contributed by atoms with Crippen LogP contribution in [0.25, 0.3) is 0 Å². The Balaban J connectivity index is 1.61. The third kappa shape index (κ3) is 3.02. The lowest BCUT2D eigenvalue weighted by atomic mass is 9.44. The van der Waals surface area contributed by atoms with E-state index in [2.05, 4.69) is 0 Å². The number of aliphatic hydroxyl groups is 1. The van der Waals surface area contributed by atoms with Gasteiger partial charge in [0.1, 0.15) is 0 Å². The van der Waals surface area contributed by atoms with Gasteiger partial charge in [0.2, 0.25) is 5.76 Å². The molecule has 5 rings (SSSR count). The van der Waals surface area contributed by atoms with Gasteiger partial charge in [-0.25, -0.2) is 4.79 Å². The molecule has 0 bridgehead atoms. The standard InChI is InChI=1S/C27H30Cl2O6/c1-15-11-19-18-7-6-16-12-17(30)8-9-24(16,2)26(18,33)21(29)13-25(19,3)27(15,22(31)14-28)35-23(32)20-5-4-10-34-20/h4-5,8-10,12,15,18-19,21,33H,6-7,11,13-14H2,1-3H3/t15-,18?,19?,21+,24+,25+,26+,27+/m1/s1. The summed E-state index contributed by atoms with van der Waals surface area (Å²) in [5.41, 5.74) is -3.60. The minimum Gasteiger partial charge on any atom is -0.457 e. The van der Waals surface area contributed by atoms with Crippen molar-refractivity contribution in [2.24, 2.45) is 28.6 Å². The zero-order valence-electron chi connectivity index (χ0n) is 20.1. The predicted molar refractivity (Wildman–Crippen MR) is 130 cm³/mol. The molecule has 0 spiro atoms. The van der Waals surface area contributed by atoms with Crippen LogP contribution in [0.1, 0.15) is 57.0 Å². The maximum absolute atomic E-state index is 13.6. The van der Waals surface area contributed by atoms with Crippen LogP contribution in [0.3, 0.4) is 0 Å². The topological polar surface area (TPSA) is 93.8 Å². The Morgan fingerprint density at radius 2 is 2.03 bits per heavy atom. The number of ether oxygens (including phenoxy) is 1. The number of carbonyl (C=O) groups is 3. The largest absolute Gasteiger partial charge is 0.457 e. The molecule has 0 aromatic carbocycles. The molecule has 4 aliphatic rings. The van der Waals surface area contributed by atoms with Crippen LogP contribution in [-0.4, -0.2) is 45.1 Å². The van der Waals surface area contributed by atoms with Gasteiger partial charge in [0.05, 0.1) is 23.1 Å². The zero-order valence-corrected chi connectivity index (χ0v) is 21.6. The smallest absolute Gasteiger partial charge is 0.375 e. The van der Waals surface area contributed by atoms with Gasteiger partial charge in [-0.2, -0.15) is 0 Å². The number of hydrogen-bond acceptors (Lipinski definition) is 6. The molecule has 0 saturated heterocycles. The van der Waals surface area contributed by atoms with E-state index in [0.29, 0.717) is 19.3 Å². The summed E-state index contributed by atoms with van der Waals surface area (Å²) in [4.78, 5) is 38.8. The second kappa shape index (κ2) is 8.06. The fourth-order valence-corrected chi connectivity index (χ4v) is 8.98. The first kappa shape index (κ1) is 24.8. The quantitative estimate of drug-likeness (QED) is 0.449. The molecule has 3 fully saturated rings. The molecule has 0 radical (unpaired) electrons. The molecule has 1 heterocycles. The first-order valence-electron chi connectivity index (χ1n) is 12.1. The highest BCUT2D eigenvalue weighted by atomic mass is 35.5. The number of ketones is 2. The second-order valence-electron chi connectivity index (χ2n) is 11.1. The highest BCUT2D eigenvalue weighted by Gasteiger charge is 2.76. The molecule has 188 valence electrons. The van der Waals surface area contributed by atoms with E-state index in [9.17, 15) is 19.5 Å². The van der Waals surface area contributed by atoms with Crippen molar-refractivity contribution in [2.45, 2.75) is 63.0 Å². The molecular formula is C27H30Cl2O6. The normalized spacial score (nSPS) is 44.2. The zero-order chi connectivity index (χ0) is 25.4. The lowest BCUT2D eigenvalue weighted by molar-refractivity contribution is -0.199. The van der Waals surface area contributed by atoms with Crippen LogP contribution in [0, 0.1) is 28.6 Å². The number of carbonyl (C=O) groups excluding carboxylic acids is 3. The number of allylic oxidation sites excluding steroid dienone is 2. The molecule has 1 aromatic rings. The number of Topliss-reactive ketones (excluding diaryl/α,β-unsaturated/α-hetero) is 1. The van der Waals surface area contributed by atoms with Crippen LogP contribution in [-0.2, 0) is 14.3 Å². The minimum atomic E-state index is -1.51. The van der Waals surface area contributed by atoms with Crippen molar-refractivity contribution in [1.29, 1.82) is 0 Å². The van der Waals surface area contributed by atoms with Gasteiger partial charge in [0.25, 0.3) is 0 Å². The summed E-state index contributed by atoms with van der Waals surface area (Å²) < 4.78 is 11.4. The van der Waals surface area contributed by atoms with Gasteiger partial charge in [-0.05, 0) is 68.7 Å². The number of furan rings is 1. The number of alkyl halides is 2. The van der Waals surface area contributed by atoms with Crippen molar-refractivity contribution < 1.29 is 28.6 Å². The summed E-state index contributed by atoms with van der Waals surface area (Å²) in [5.74, 6) is -2.23. The highest BCUT2D eigenvalue weighted by Crippen LogP contribution is 2.71. The van der Waals surface area contributed by atoms with Crippen molar-refractivity contribution in [1.82, 2.24) is 0 Å². The van der Waals surface area contributed by atoms with Crippen molar-refractivity contribution in [3.63, 3.8) is 0 Å². The Morgan fingerprint density at radius 3 is 2.69 bits per heavy atom. The molecular weight excluding hydrogens is 491 g/mol. The van der Waals surface area contributed by atoms with Gasteiger partial charge in [-0.3, -0.25) is 9.59 Å². The number of halogens is 2. The van der Waals surface area contributed by atoms with Gasteiger partial charge in [0, 0.05) is 16.7 Å². The monoisotopic (exact) mass is 520 g/mol. The van der Waals surface area contributed by atoms with Crippen LogP contribution in [0.4, 0.5) is 0 Å². The van der Waals surface area contributed by atoms with E-state index in [1.807, 2.05) is 20.8 Å². The Hall–Kier alpha value is -1.89. The average Bonchev–Trinajstić information content (AvgIpc) is 3.42. The Labute approximate surface area is 214 Å². The molecule has 0 aliphatic heterocycles. The maximum Gasteiger partial charge on any atom is 0.375 e. The van der Waals surface area contributed by atoms with Gasteiger partial charge < -0.3 is 14.3 Å². The maximum atomic E-state index is 13.6. The van der Waals surface area contributed by atoms with E-state index in [1.54, 1.807) is 18.2 Å². The SMILES string of the molecule is C[C@@H]1CC2C3CCC4=CC(=O)C=C[C@]4(C)[C@@]3(O)[C@@H](Cl)C[C@]2(C)[C@@]1(OC(=O)c1ccco1)C(=O)CCl. The molecule has 8 atom stereocenters. The summed E-state index contributed by atoms with van der Waals surface area (Å²) in [6.07, 6.45) is 8.37. The van der Waals surface area contributed by atoms with Crippen molar-refractivity contribution >= 4 is 40.7 Å². The summed E-state index contributed by atoms with van der Waals surface area (Å²) in [6, 6.07) is 3.08. The fourth-order valence-electron chi connectivity index (χ4n) is 8.07. The summed E-state index contributed by atoms with van der Waals surface area (Å²) in [5, 5.41) is 11.6. The third-order valence-corrected chi connectivity index (χ3v) is 10.5. The van der Waals surface area contributed by atoms with Crippen LogP contribution in [0.5, 0.6) is 0 Å². The van der Waals surface area contributed by atoms with Gasteiger partial charge in [-0.15, -0.1) is 23.2 Å². The average molecular weight is 521 g/mol. The number of esters is 1. The molecule has 1 aromatic heterocycles. The Kier molecular flexibility index (Phi) is 5.71. The Morgan fingerprint density at radius 1 is 1.29 bits per heavy atom. The number of hydrogen-bond donors (Lipinski definition) is 1. The number of fused-ring (bicyclic) bond motifs is 5. The van der Waals surface area contributed by atoms with Crippen LogP contribution in [0.2, 0.25) is 0 Å². The third-order valence-electron chi connectivity index (χ3n) is 9.73. The van der Waals surface area contributed by atoms with Crippen molar-refractivity contribution in [3.8, 4) is 0 Å². The van der Waals surface area contributed by atoms with Gasteiger partial charge in [-0.1, -0.05) is 25.5 Å². The molecule has 35 heavy (non-hydrogen) atoms. The summed E-state index contributed by atoms with van der Waals surface area (Å²) >= 11 is 13.2. The van der Waals surface area contributed by atoms with E-state index in [-0.39, 0.29) is 47.4 Å². The lowest BCUT2D eigenvalue weighted by Gasteiger charge is -2.64. The molecule has 2 unspecified atom stereocenters. The van der Waals surface area contributed by atoms with Crippen LogP contribution >= 0.6 is 23.2 Å². The van der Waals surface area contributed by atoms with Crippen LogP contribution in [0.15, 0.2) is 46.6 Å². The fraction of sp³-hybridized carbons (Fsp3) is 0.593. The molecule has 4 aliphatic carbocycles. The van der Waals surface area contributed by atoms with Crippen LogP contribution < -0.4 is 0 Å². The van der Waals surface area contributed by atoms with Gasteiger partial charge >= 0.3 is 5.97 Å². The van der Waals surface area contributed by atoms with E-state index >= 15 is 0 Å². The molecule has 1 N–H and O–H groups in total. The lowest BCUT2D eigenvalue weighted by Crippen LogP contribution is -2.70. The highest BCUT2D eigenvalue weighted by molar-refractivity contribution is 6.29. The van der Waals surface area contributed by atoms with Crippen molar-refractivity contribution in [2.75, 3.05) is 5.88 Å². The molecule has 8 heteroatoms. The number of rotatable bonds is 4. The second-order valence-corrected chi connectivity index (χ2v) is 11.9. The van der Waals surface area contributed by atoms with E-state index in [1.165, 1.54) is 18.4 Å². The molecule has 0 amide bonds. The summed E-state index contributed by atoms with van der Waals surface area (Å²) in [7, 11) is 0. The Bertz CT molecular complexity index is 1140. The predicted octanol–water partition coefficient (Wildman–Crippen LogP) is 4.87. The summed E-state index contributed by atoms with van der Waals surface area (Å²) in [6.45, 7) is 5.79. The van der Waals surface area contributed by atoms with E-state index in [4.69, 9.17) is 32.4 Å². The van der Waals surface area contributed by atoms with Gasteiger partial charge in [0.15, 0.2) is 17.2 Å². The first-order valence-corrected chi connectivity index (χ1v) is 13.1. The van der Waals surface area contributed by atoms with Crippen molar-refractivity contribution in [3.05, 3.63) is 48.0 Å². The molecule has 3 saturated carbocycles. The first-order chi connectivity index (χ1) is 16.5. The van der Waals surface area contributed by atoms with E-state index < -0.39 is 33.4 Å². The molecule has 6 nitrogen and oxygen atoms in total. The minimum absolute atomic E-state index is 0.0118.